The quantitative estimate of drug-likeness (QED) is 0.699. The van der Waals surface area contributed by atoms with E-state index in [1.165, 1.54) is 18.4 Å². The van der Waals surface area contributed by atoms with Gasteiger partial charge in [0.2, 0.25) is 5.91 Å². The number of halogens is 1. The number of carbonyl (C=O) groups is 1. The highest BCUT2D eigenvalue weighted by Crippen LogP contribution is 2.24. The Labute approximate surface area is 185 Å². The Balaban J connectivity index is 0.00000256. The van der Waals surface area contributed by atoms with Crippen molar-refractivity contribution >= 4 is 18.3 Å². The Kier molecular flexibility index (Phi) is 8.55. The number of piperidine rings is 1. The Morgan fingerprint density at radius 3 is 2.70 bits per heavy atom. The molecule has 0 aliphatic carbocycles. The number of benzene rings is 2. The van der Waals surface area contributed by atoms with Crippen LogP contribution in [0.1, 0.15) is 31.2 Å². The van der Waals surface area contributed by atoms with Crippen LogP contribution in [-0.4, -0.2) is 43.0 Å². The van der Waals surface area contributed by atoms with Crippen molar-refractivity contribution in [2.24, 2.45) is 5.92 Å². The molecule has 6 heteroatoms. The molecule has 30 heavy (non-hydrogen) atoms. The maximum atomic E-state index is 12.2. The van der Waals surface area contributed by atoms with E-state index in [-0.39, 0.29) is 24.4 Å². The van der Waals surface area contributed by atoms with Gasteiger partial charge in [-0.1, -0.05) is 30.3 Å². The average molecular weight is 430 g/mol. The van der Waals surface area contributed by atoms with Crippen molar-refractivity contribution in [1.29, 1.82) is 0 Å². The number of hydrogen-bond donors (Lipinski definition) is 2. The second-order valence-electron chi connectivity index (χ2n) is 8.20. The molecule has 2 atom stereocenters. The van der Waals surface area contributed by atoms with Gasteiger partial charge in [-0.05, 0) is 74.5 Å². The highest BCUT2D eigenvalue weighted by Gasteiger charge is 2.24. The summed E-state index contributed by atoms with van der Waals surface area (Å²) in [6, 6.07) is 18.3. The van der Waals surface area contributed by atoms with Crippen LogP contribution in [0.4, 0.5) is 0 Å². The van der Waals surface area contributed by atoms with Gasteiger partial charge in [0.15, 0.2) is 0 Å². The summed E-state index contributed by atoms with van der Waals surface area (Å²) >= 11 is 0. The lowest BCUT2D eigenvalue weighted by Gasteiger charge is -2.33. The predicted molar refractivity (Wildman–Crippen MR) is 122 cm³/mol. The molecule has 2 aliphatic heterocycles. The minimum absolute atomic E-state index is 0. The molecule has 2 aromatic carbocycles. The van der Waals surface area contributed by atoms with E-state index in [1.807, 2.05) is 36.4 Å². The predicted octanol–water partition coefficient (Wildman–Crippen LogP) is 3.98. The number of ether oxygens (including phenoxy) is 1. The maximum absolute atomic E-state index is 12.2. The summed E-state index contributed by atoms with van der Waals surface area (Å²) in [5.74, 6) is 2.43. The van der Waals surface area contributed by atoms with E-state index in [1.54, 1.807) is 0 Å². The lowest BCUT2D eigenvalue weighted by Crippen LogP contribution is -2.45. The third-order valence-electron chi connectivity index (χ3n) is 5.83. The molecule has 2 heterocycles. The molecule has 162 valence electrons. The molecule has 2 aromatic rings. The largest absolute Gasteiger partial charge is 0.457 e. The Bertz CT molecular complexity index is 796. The molecule has 2 fully saturated rings. The van der Waals surface area contributed by atoms with E-state index in [9.17, 15) is 4.79 Å². The first-order valence-electron chi connectivity index (χ1n) is 10.8. The van der Waals surface area contributed by atoms with Gasteiger partial charge in [-0.25, -0.2) is 0 Å². The van der Waals surface area contributed by atoms with Gasteiger partial charge >= 0.3 is 0 Å². The van der Waals surface area contributed by atoms with Crippen LogP contribution >= 0.6 is 12.4 Å². The molecule has 2 unspecified atom stereocenters. The molecule has 2 N–H and O–H groups in total. The molecular weight excluding hydrogens is 398 g/mol. The molecule has 0 radical (unpaired) electrons. The molecule has 0 spiro atoms. The third kappa shape index (κ3) is 6.46. The number of nitrogens with zero attached hydrogens (tertiary/aromatic N) is 1. The van der Waals surface area contributed by atoms with Crippen molar-refractivity contribution in [2.45, 2.75) is 38.3 Å². The second kappa shape index (κ2) is 11.3. The van der Waals surface area contributed by atoms with Crippen LogP contribution < -0.4 is 15.4 Å². The van der Waals surface area contributed by atoms with Gasteiger partial charge in [-0.2, -0.15) is 0 Å². The standard InChI is InChI=1S/C24H31N3O2.ClH/c28-24(23-12-5-13-25-23)26-16-20-8-6-14-27(18-20)17-19-7-4-11-22(15-19)29-21-9-2-1-3-10-21;/h1-4,7,9-11,15,20,23,25H,5-6,8,12-14,16-18H2,(H,26,28);1H. The first kappa shape index (κ1) is 22.6. The van der Waals surface area contributed by atoms with Crippen molar-refractivity contribution in [3.63, 3.8) is 0 Å². The number of amides is 1. The lowest BCUT2D eigenvalue weighted by atomic mass is 9.97. The molecule has 0 bridgehead atoms. The topological polar surface area (TPSA) is 53.6 Å². The fourth-order valence-electron chi connectivity index (χ4n) is 4.33. The number of nitrogens with one attached hydrogen (secondary N) is 2. The number of carbonyl (C=O) groups excluding carboxylic acids is 1. The molecular formula is C24H32ClN3O2. The zero-order valence-electron chi connectivity index (χ0n) is 17.4. The Morgan fingerprint density at radius 2 is 1.90 bits per heavy atom. The Morgan fingerprint density at radius 1 is 1.07 bits per heavy atom. The summed E-state index contributed by atoms with van der Waals surface area (Å²) < 4.78 is 5.97. The number of likely N-dealkylation sites (tertiary alicyclic amines) is 1. The third-order valence-corrected chi connectivity index (χ3v) is 5.83. The van der Waals surface area contributed by atoms with Crippen LogP contribution in [0.15, 0.2) is 54.6 Å². The van der Waals surface area contributed by atoms with Crippen molar-refractivity contribution in [3.8, 4) is 11.5 Å². The monoisotopic (exact) mass is 429 g/mol. The summed E-state index contributed by atoms with van der Waals surface area (Å²) in [6.07, 6.45) is 4.43. The summed E-state index contributed by atoms with van der Waals surface area (Å²) in [5.41, 5.74) is 1.26. The SMILES string of the molecule is Cl.O=C(NCC1CCCN(Cc2cccc(Oc3ccccc3)c2)C1)C1CCCN1. The molecule has 5 nitrogen and oxygen atoms in total. The van der Waals surface area contributed by atoms with Gasteiger partial charge in [-0.15, -0.1) is 12.4 Å². The zero-order chi connectivity index (χ0) is 19.9. The minimum atomic E-state index is 0. The normalized spacial score (nSPS) is 21.6. The van der Waals surface area contributed by atoms with E-state index in [0.29, 0.717) is 5.92 Å². The summed E-state index contributed by atoms with van der Waals surface area (Å²) in [4.78, 5) is 14.7. The molecule has 0 aromatic heterocycles. The van der Waals surface area contributed by atoms with Crippen LogP contribution in [0.25, 0.3) is 0 Å². The molecule has 4 rings (SSSR count). The van der Waals surface area contributed by atoms with Crippen LogP contribution in [0.2, 0.25) is 0 Å². The smallest absolute Gasteiger partial charge is 0.237 e. The van der Waals surface area contributed by atoms with Gasteiger partial charge in [0, 0.05) is 19.6 Å². The molecule has 1 amide bonds. The van der Waals surface area contributed by atoms with Crippen LogP contribution in [0.5, 0.6) is 11.5 Å². The van der Waals surface area contributed by atoms with Crippen LogP contribution in [0, 0.1) is 5.92 Å². The van der Waals surface area contributed by atoms with E-state index >= 15 is 0 Å². The maximum Gasteiger partial charge on any atom is 0.237 e. The average Bonchev–Trinajstić information content (AvgIpc) is 3.28. The van der Waals surface area contributed by atoms with Gasteiger partial charge in [-0.3, -0.25) is 9.69 Å². The minimum Gasteiger partial charge on any atom is -0.457 e. The van der Waals surface area contributed by atoms with Crippen LogP contribution in [0.3, 0.4) is 0 Å². The molecule has 0 saturated carbocycles. The van der Waals surface area contributed by atoms with Crippen molar-refractivity contribution < 1.29 is 9.53 Å². The van der Waals surface area contributed by atoms with Crippen LogP contribution in [-0.2, 0) is 11.3 Å². The summed E-state index contributed by atoms with van der Waals surface area (Å²) in [6.45, 7) is 4.80. The Hall–Kier alpha value is -2.08. The van der Waals surface area contributed by atoms with Gasteiger partial charge in [0.05, 0.1) is 6.04 Å². The number of para-hydroxylation sites is 1. The van der Waals surface area contributed by atoms with Gasteiger partial charge in [0.25, 0.3) is 0 Å². The van der Waals surface area contributed by atoms with Crippen molar-refractivity contribution in [1.82, 2.24) is 15.5 Å². The van der Waals surface area contributed by atoms with E-state index in [4.69, 9.17) is 4.74 Å². The van der Waals surface area contributed by atoms with E-state index in [0.717, 1.165) is 57.1 Å². The van der Waals surface area contributed by atoms with Crippen molar-refractivity contribution in [3.05, 3.63) is 60.2 Å². The van der Waals surface area contributed by atoms with Gasteiger partial charge < -0.3 is 15.4 Å². The molecule has 2 saturated heterocycles. The fourth-order valence-corrected chi connectivity index (χ4v) is 4.33. The zero-order valence-corrected chi connectivity index (χ0v) is 18.2. The van der Waals surface area contributed by atoms with E-state index in [2.05, 4.69) is 33.7 Å². The first-order valence-corrected chi connectivity index (χ1v) is 10.8. The lowest BCUT2D eigenvalue weighted by molar-refractivity contribution is -0.123. The van der Waals surface area contributed by atoms with Crippen molar-refractivity contribution in [2.75, 3.05) is 26.2 Å². The molecule has 2 aliphatic rings. The number of rotatable bonds is 7. The van der Waals surface area contributed by atoms with Gasteiger partial charge in [0.1, 0.15) is 11.5 Å². The highest BCUT2D eigenvalue weighted by atomic mass is 35.5. The summed E-state index contributed by atoms with van der Waals surface area (Å²) in [5, 5.41) is 6.44. The first-order chi connectivity index (χ1) is 14.3. The highest BCUT2D eigenvalue weighted by molar-refractivity contribution is 5.85. The number of hydrogen-bond acceptors (Lipinski definition) is 4. The fraction of sp³-hybridized carbons (Fsp3) is 0.458. The second-order valence-corrected chi connectivity index (χ2v) is 8.20. The summed E-state index contributed by atoms with van der Waals surface area (Å²) in [7, 11) is 0. The van der Waals surface area contributed by atoms with E-state index < -0.39 is 0 Å².